The van der Waals surface area contributed by atoms with E-state index in [-0.39, 0.29) is 23.2 Å². The van der Waals surface area contributed by atoms with E-state index in [1.165, 1.54) is 44.9 Å². The Hall–Kier alpha value is -0.830. The number of piperidine rings is 1. The number of carbonyl (C=O) groups is 1. The third-order valence-electron chi connectivity index (χ3n) is 4.66. The van der Waals surface area contributed by atoms with E-state index in [1.807, 2.05) is 6.08 Å². The van der Waals surface area contributed by atoms with Gasteiger partial charge in [-0.15, -0.1) is 0 Å². The van der Waals surface area contributed by atoms with Crippen molar-refractivity contribution in [3.63, 3.8) is 0 Å². The van der Waals surface area contributed by atoms with Crippen molar-refractivity contribution in [3.8, 4) is 0 Å². The lowest BCUT2D eigenvalue weighted by Gasteiger charge is -2.45. The van der Waals surface area contributed by atoms with Crippen LogP contribution in [-0.4, -0.2) is 23.2 Å². The van der Waals surface area contributed by atoms with Gasteiger partial charge in [-0.05, 0) is 40.5 Å². The first kappa shape index (κ1) is 21.2. The van der Waals surface area contributed by atoms with Crippen LogP contribution in [0, 0.1) is 0 Å². The van der Waals surface area contributed by atoms with Crippen LogP contribution in [0.2, 0.25) is 0 Å². The molecule has 24 heavy (non-hydrogen) atoms. The van der Waals surface area contributed by atoms with Crippen LogP contribution in [0.15, 0.2) is 12.2 Å². The predicted octanol–water partition coefficient (Wildman–Crippen LogP) is 5.54. The van der Waals surface area contributed by atoms with Crippen molar-refractivity contribution in [2.75, 3.05) is 0 Å². The number of hydrogen-bond donors (Lipinski definition) is 1. The van der Waals surface area contributed by atoms with Crippen LogP contribution in [0.4, 0.5) is 0 Å². The SMILES string of the molecule is CCCCCCCCCC=CC(=O)OC1CC(C)(C)NC(C)(C)C1. The molecule has 3 nitrogen and oxygen atoms in total. The maximum absolute atomic E-state index is 12.0. The standard InChI is InChI=1S/C21H39NO2/c1-6-7-8-9-10-11-12-13-14-15-19(23)24-18-16-20(2,3)22-21(4,5)17-18/h14-15,18,22H,6-13,16-17H2,1-5H3. The van der Waals surface area contributed by atoms with Gasteiger partial charge in [0.05, 0.1) is 0 Å². The zero-order valence-corrected chi connectivity index (χ0v) is 16.6. The monoisotopic (exact) mass is 337 g/mol. The number of ether oxygens (including phenoxy) is 1. The van der Waals surface area contributed by atoms with Gasteiger partial charge in [0, 0.05) is 30.0 Å². The van der Waals surface area contributed by atoms with Gasteiger partial charge in [0.1, 0.15) is 6.10 Å². The molecule has 1 rings (SSSR count). The smallest absolute Gasteiger partial charge is 0.330 e. The summed E-state index contributed by atoms with van der Waals surface area (Å²) in [4.78, 5) is 12.0. The van der Waals surface area contributed by atoms with E-state index >= 15 is 0 Å². The van der Waals surface area contributed by atoms with Crippen LogP contribution in [-0.2, 0) is 9.53 Å². The molecule has 1 heterocycles. The van der Waals surface area contributed by atoms with E-state index in [9.17, 15) is 4.79 Å². The molecule has 0 amide bonds. The third kappa shape index (κ3) is 9.46. The summed E-state index contributed by atoms with van der Waals surface area (Å²) in [5.41, 5.74) is 0.0162. The summed E-state index contributed by atoms with van der Waals surface area (Å²) in [6.45, 7) is 10.9. The third-order valence-corrected chi connectivity index (χ3v) is 4.66. The van der Waals surface area contributed by atoms with E-state index in [1.54, 1.807) is 6.08 Å². The van der Waals surface area contributed by atoms with E-state index < -0.39 is 0 Å². The first-order chi connectivity index (χ1) is 11.2. The Morgan fingerprint density at radius 3 is 2.12 bits per heavy atom. The maximum atomic E-state index is 12.0. The molecule has 0 bridgehead atoms. The average Bonchev–Trinajstić information content (AvgIpc) is 2.42. The number of rotatable bonds is 10. The lowest BCUT2D eigenvalue weighted by atomic mass is 9.81. The van der Waals surface area contributed by atoms with Crippen molar-refractivity contribution >= 4 is 5.97 Å². The predicted molar refractivity (Wildman–Crippen MR) is 102 cm³/mol. The fourth-order valence-corrected chi connectivity index (χ4v) is 3.91. The molecule has 1 fully saturated rings. The second-order valence-corrected chi connectivity index (χ2v) is 8.67. The summed E-state index contributed by atoms with van der Waals surface area (Å²) in [5, 5.41) is 3.61. The van der Waals surface area contributed by atoms with Crippen LogP contribution in [0.1, 0.15) is 98.8 Å². The Bertz CT molecular complexity index is 383. The van der Waals surface area contributed by atoms with Gasteiger partial charge in [-0.3, -0.25) is 0 Å². The zero-order valence-electron chi connectivity index (χ0n) is 16.6. The molecule has 0 aliphatic carbocycles. The van der Waals surface area contributed by atoms with Gasteiger partial charge in [0.2, 0.25) is 0 Å². The maximum Gasteiger partial charge on any atom is 0.330 e. The molecule has 1 aliphatic heterocycles. The Morgan fingerprint density at radius 2 is 1.54 bits per heavy atom. The van der Waals surface area contributed by atoms with Crippen molar-refractivity contribution in [2.24, 2.45) is 0 Å². The number of esters is 1. The molecular weight excluding hydrogens is 298 g/mol. The number of allylic oxidation sites excluding steroid dienone is 1. The van der Waals surface area contributed by atoms with Crippen LogP contribution in [0.25, 0.3) is 0 Å². The topological polar surface area (TPSA) is 38.3 Å². The summed E-state index contributed by atoms with van der Waals surface area (Å²) >= 11 is 0. The second kappa shape index (κ2) is 10.2. The highest BCUT2D eigenvalue weighted by molar-refractivity contribution is 5.82. The van der Waals surface area contributed by atoms with Crippen molar-refractivity contribution in [1.82, 2.24) is 5.32 Å². The van der Waals surface area contributed by atoms with E-state index in [0.717, 1.165) is 19.3 Å². The molecule has 3 heteroatoms. The summed E-state index contributed by atoms with van der Waals surface area (Å²) < 4.78 is 5.67. The zero-order chi connectivity index (χ0) is 18.1. The summed E-state index contributed by atoms with van der Waals surface area (Å²) in [7, 11) is 0. The second-order valence-electron chi connectivity index (χ2n) is 8.67. The normalized spacial score (nSPS) is 20.4. The molecule has 0 radical (unpaired) electrons. The van der Waals surface area contributed by atoms with Gasteiger partial charge in [-0.1, -0.05) is 51.5 Å². The van der Waals surface area contributed by atoms with Crippen LogP contribution < -0.4 is 5.32 Å². The summed E-state index contributed by atoms with van der Waals surface area (Å²) in [6, 6.07) is 0. The Balaban J connectivity index is 2.19. The highest BCUT2D eigenvalue weighted by Gasteiger charge is 2.39. The van der Waals surface area contributed by atoms with E-state index in [0.29, 0.717) is 0 Å². The van der Waals surface area contributed by atoms with Crippen molar-refractivity contribution in [2.45, 2.75) is 116 Å². The molecule has 140 valence electrons. The minimum atomic E-state index is -0.184. The van der Waals surface area contributed by atoms with Gasteiger partial charge < -0.3 is 10.1 Å². The minimum absolute atomic E-state index is 0.00645. The van der Waals surface area contributed by atoms with Gasteiger partial charge >= 0.3 is 5.97 Å². The van der Waals surface area contributed by atoms with E-state index in [2.05, 4.69) is 39.9 Å². The lowest BCUT2D eigenvalue weighted by molar-refractivity contribution is -0.147. The molecule has 0 atom stereocenters. The Kier molecular flexibility index (Phi) is 9.04. The number of unbranched alkanes of at least 4 members (excludes halogenated alkanes) is 7. The first-order valence-corrected chi connectivity index (χ1v) is 9.90. The summed E-state index contributed by atoms with van der Waals surface area (Å²) in [5.74, 6) is -0.184. The molecule has 0 aromatic rings. The van der Waals surface area contributed by atoms with Gasteiger partial charge in [0.15, 0.2) is 0 Å². The molecular formula is C21H39NO2. The van der Waals surface area contributed by atoms with Crippen LogP contribution in [0.3, 0.4) is 0 Å². The van der Waals surface area contributed by atoms with Crippen molar-refractivity contribution in [1.29, 1.82) is 0 Å². The molecule has 0 saturated carbocycles. The Morgan fingerprint density at radius 1 is 1.00 bits per heavy atom. The fraction of sp³-hybridized carbons (Fsp3) is 0.857. The van der Waals surface area contributed by atoms with Crippen molar-refractivity contribution < 1.29 is 9.53 Å². The number of carbonyl (C=O) groups excluding carboxylic acids is 1. The van der Waals surface area contributed by atoms with E-state index in [4.69, 9.17) is 4.74 Å². The number of nitrogens with one attached hydrogen (secondary N) is 1. The molecule has 1 saturated heterocycles. The first-order valence-electron chi connectivity index (χ1n) is 9.90. The fourth-order valence-electron chi connectivity index (χ4n) is 3.91. The Labute approximate surface area is 149 Å². The summed E-state index contributed by atoms with van der Waals surface area (Å²) in [6.07, 6.45) is 15.4. The highest BCUT2D eigenvalue weighted by atomic mass is 16.5. The van der Waals surface area contributed by atoms with Gasteiger partial charge in [-0.25, -0.2) is 4.79 Å². The largest absolute Gasteiger partial charge is 0.459 e. The molecule has 1 aliphatic rings. The molecule has 0 unspecified atom stereocenters. The molecule has 0 aromatic carbocycles. The van der Waals surface area contributed by atoms with Crippen LogP contribution >= 0.6 is 0 Å². The molecule has 0 aromatic heterocycles. The highest BCUT2D eigenvalue weighted by Crippen LogP contribution is 2.30. The van der Waals surface area contributed by atoms with Crippen LogP contribution in [0.5, 0.6) is 0 Å². The average molecular weight is 338 g/mol. The minimum Gasteiger partial charge on any atom is -0.459 e. The molecule has 1 N–H and O–H groups in total. The van der Waals surface area contributed by atoms with Gasteiger partial charge in [-0.2, -0.15) is 0 Å². The van der Waals surface area contributed by atoms with Crippen molar-refractivity contribution in [3.05, 3.63) is 12.2 Å². The number of hydrogen-bond acceptors (Lipinski definition) is 3. The quantitative estimate of drug-likeness (QED) is 0.323. The lowest BCUT2D eigenvalue weighted by Crippen LogP contribution is -2.59. The molecule has 0 spiro atoms. The van der Waals surface area contributed by atoms with Gasteiger partial charge in [0.25, 0.3) is 0 Å².